The number of carbonyl (C=O) groups is 2. The number of rotatable bonds is 16. The van der Waals surface area contributed by atoms with Gasteiger partial charge in [-0.3, -0.25) is 23.4 Å². The van der Waals surface area contributed by atoms with Gasteiger partial charge in [-0.05, 0) is 46.9 Å². The number of esters is 2. The zero-order valence-corrected chi connectivity index (χ0v) is 27.7. The minimum atomic E-state index is -4.58. The van der Waals surface area contributed by atoms with E-state index in [0.717, 1.165) is 0 Å². The molecular formula is C29H40N7O10P. The zero-order valence-electron chi connectivity index (χ0n) is 26.8. The van der Waals surface area contributed by atoms with Crippen molar-refractivity contribution in [3.05, 3.63) is 42.2 Å². The molecule has 1 saturated heterocycles. The lowest BCUT2D eigenvalue weighted by Crippen LogP contribution is -2.43. The van der Waals surface area contributed by atoms with Crippen LogP contribution in [0.25, 0.3) is 11.2 Å². The molecule has 0 spiro atoms. The molecule has 1 aliphatic heterocycles. The Bertz CT molecular complexity index is 1610. The number of anilines is 1. The summed E-state index contributed by atoms with van der Waals surface area (Å²) in [6.07, 6.45) is -3.72. The quantitative estimate of drug-likeness (QED) is 0.113. The number of hydrogen-bond donors (Lipinski definition) is 3. The molecule has 1 aromatic carbocycles. The molecule has 17 nitrogen and oxygen atoms in total. The van der Waals surface area contributed by atoms with Crippen molar-refractivity contribution >= 4 is 43.5 Å². The predicted octanol–water partition coefficient (Wildman–Crippen LogP) is 2.51. The van der Waals surface area contributed by atoms with Crippen LogP contribution < -0.4 is 15.6 Å². The van der Waals surface area contributed by atoms with Crippen molar-refractivity contribution in [1.82, 2.24) is 24.6 Å². The van der Waals surface area contributed by atoms with Crippen LogP contribution in [0.1, 0.15) is 52.5 Å². The molecule has 4 N–H and O–H groups in total. The molecule has 47 heavy (non-hydrogen) atoms. The molecular weight excluding hydrogens is 637 g/mol. The largest absolute Gasteiger partial charge is 0.476 e. The number of fused-ring (bicyclic) bond motifs is 1. The van der Waals surface area contributed by atoms with Gasteiger partial charge in [0.05, 0.1) is 32.8 Å². The molecule has 2 aromatic heterocycles. The van der Waals surface area contributed by atoms with Gasteiger partial charge in [-0.25, -0.2) is 19.4 Å². The van der Waals surface area contributed by atoms with Gasteiger partial charge in [0.1, 0.15) is 23.8 Å². The van der Waals surface area contributed by atoms with Crippen molar-refractivity contribution in [3.63, 3.8) is 0 Å². The first-order valence-corrected chi connectivity index (χ1v) is 16.5. The van der Waals surface area contributed by atoms with Gasteiger partial charge < -0.3 is 29.8 Å². The average Bonchev–Trinajstić information content (AvgIpc) is 3.57. The van der Waals surface area contributed by atoms with E-state index in [1.54, 1.807) is 58.0 Å². The monoisotopic (exact) mass is 677 g/mol. The maximum Gasteiger partial charge on any atom is 0.407 e. The number of nitrogen functional groups attached to an aromatic ring is 1. The first kappa shape index (κ1) is 35.9. The molecule has 0 saturated carbocycles. The fourth-order valence-electron chi connectivity index (χ4n) is 4.92. The van der Waals surface area contributed by atoms with Crippen LogP contribution in [0.2, 0.25) is 0 Å². The summed E-state index contributed by atoms with van der Waals surface area (Å²) in [6, 6.07) is 7.02. The molecule has 256 valence electrons. The molecule has 2 unspecified atom stereocenters. The number of nitrogens with zero attached hydrogens (tertiary/aromatic N) is 5. The number of aromatic nitrogens is 4. The molecule has 4 rings (SSSR count). The summed E-state index contributed by atoms with van der Waals surface area (Å²) in [5.74, 6) is -1.50. The molecule has 0 amide bonds. The molecule has 0 aliphatic carbocycles. The van der Waals surface area contributed by atoms with E-state index in [2.05, 4.69) is 31.7 Å². The highest BCUT2D eigenvalue weighted by atomic mass is 31.2. The van der Waals surface area contributed by atoms with E-state index in [-0.39, 0.29) is 30.7 Å². The lowest BCUT2D eigenvalue weighted by atomic mass is 9.93. The van der Waals surface area contributed by atoms with E-state index < -0.39 is 62.4 Å². The van der Waals surface area contributed by atoms with Crippen molar-refractivity contribution in [1.29, 1.82) is 0 Å². The van der Waals surface area contributed by atoms with Gasteiger partial charge in [-0.2, -0.15) is 9.97 Å². The SMILES string of the molecule is C=N[C@]1(C)[C@H](O)[C@@H](COP(=O)(N[C@@H](C)C(=O)OCC)OC(C(=O)OCC)c2ccccc2)O[C@H]1n1cnc2c(OCC)nc(N)nc21. The summed E-state index contributed by atoms with van der Waals surface area (Å²) < 4.78 is 49.4. The van der Waals surface area contributed by atoms with Gasteiger partial charge >= 0.3 is 19.7 Å². The Morgan fingerprint density at radius 2 is 1.85 bits per heavy atom. The van der Waals surface area contributed by atoms with Crippen LogP contribution in [0.4, 0.5) is 5.95 Å². The average molecular weight is 678 g/mol. The van der Waals surface area contributed by atoms with Gasteiger partial charge in [0, 0.05) is 0 Å². The van der Waals surface area contributed by atoms with Crippen LogP contribution in [0.15, 0.2) is 41.7 Å². The van der Waals surface area contributed by atoms with Crippen LogP contribution in [-0.4, -0.2) is 93.5 Å². The highest BCUT2D eigenvalue weighted by molar-refractivity contribution is 7.51. The molecule has 1 fully saturated rings. The molecule has 1 aliphatic rings. The van der Waals surface area contributed by atoms with Gasteiger partial charge in [0.2, 0.25) is 11.8 Å². The van der Waals surface area contributed by atoms with E-state index in [1.165, 1.54) is 17.8 Å². The third kappa shape index (κ3) is 7.77. The number of imidazole rings is 1. The topological polar surface area (TPSA) is 221 Å². The first-order chi connectivity index (χ1) is 22.4. The van der Waals surface area contributed by atoms with Crippen molar-refractivity contribution in [2.45, 2.75) is 70.7 Å². The number of nitrogens with one attached hydrogen (secondary N) is 1. The summed E-state index contributed by atoms with van der Waals surface area (Å²) >= 11 is 0. The van der Waals surface area contributed by atoms with Crippen molar-refractivity contribution < 1.29 is 47.3 Å². The highest BCUT2D eigenvalue weighted by Crippen LogP contribution is 2.51. The highest BCUT2D eigenvalue weighted by Gasteiger charge is 2.55. The lowest BCUT2D eigenvalue weighted by Gasteiger charge is -2.29. The minimum absolute atomic E-state index is 0.0194. The van der Waals surface area contributed by atoms with Crippen LogP contribution >= 0.6 is 7.75 Å². The predicted molar refractivity (Wildman–Crippen MR) is 168 cm³/mol. The Kier molecular flexibility index (Phi) is 11.7. The standard InChI is InChI=1S/C29H40N7O10P/c1-7-41-24-20-23(33-28(30)34-24)36(16-32-20)27-29(5,31-6)22(37)19(45-27)15-44-47(40,35-17(4)25(38)42-8-2)46-21(26(39)43-9-3)18-13-11-10-12-14-18/h10-14,16-17,19,21-22,27,37H,6-9,15H2,1-5H3,(H,35,40)(H2,30,33,34)/t17-,19+,21?,22+,27+,29+,47?/m0/s1. The third-order valence-corrected chi connectivity index (χ3v) is 8.96. The number of aliphatic hydroxyl groups excluding tert-OH is 1. The Labute approximate surface area is 271 Å². The minimum Gasteiger partial charge on any atom is -0.476 e. The fourth-order valence-corrected chi connectivity index (χ4v) is 6.52. The fraction of sp³-hybridized carbons (Fsp3) is 0.517. The smallest absolute Gasteiger partial charge is 0.407 e. The van der Waals surface area contributed by atoms with E-state index in [9.17, 15) is 19.3 Å². The number of benzene rings is 1. The number of ether oxygens (including phenoxy) is 4. The van der Waals surface area contributed by atoms with Gasteiger partial charge in [0.25, 0.3) is 0 Å². The summed E-state index contributed by atoms with van der Waals surface area (Å²) in [5.41, 5.74) is 5.39. The van der Waals surface area contributed by atoms with Crippen LogP contribution in [-0.2, 0) is 37.4 Å². The molecule has 0 radical (unpaired) electrons. The van der Waals surface area contributed by atoms with E-state index >= 15 is 0 Å². The van der Waals surface area contributed by atoms with Gasteiger partial charge in [-0.15, -0.1) is 0 Å². The maximum atomic E-state index is 14.3. The van der Waals surface area contributed by atoms with Gasteiger partial charge in [-0.1, -0.05) is 30.3 Å². The second kappa shape index (κ2) is 15.3. The molecule has 7 atom stereocenters. The Morgan fingerprint density at radius 1 is 1.17 bits per heavy atom. The summed E-state index contributed by atoms with van der Waals surface area (Å²) in [6.45, 7) is 11.5. The summed E-state index contributed by atoms with van der Waals surface area (Å²) in [7, 11) is -4.58. The second-order valence-corrected chi connectivity index (χ2v) is 12.3. The molecule has 18 heteroatoms. The number of nitrogens with two attached hydrogens (primary N) is 1. The van der Waals surface area contributed by atoms with Crippen LogP contribution in [0.3, 0.4) is 0 Å². The zero-order chi connectivity index (χ0) is 34.4. The van der Waals surface area contributed by atoms with Crippen molar-refractivity contribution in [2.24, 2.45) is 4.99 Å². The second-order valence-electron chi connectivity index (χ2n) is 10.5. The number of hydrogen-bond acceptors (Lipinski definition) is 15. The van der Waals surface area contributed by atoms with Gasteiger partial charge in [0.15, 0.2) is 23.5 Å². The Balaban J connectivity index is 1.65. The third-order valence-electron chi connectivity index (χ3n) is 7.28. The summed E-state index contributed by atoms with van der Waals surface area (Å²) in [5, 5.41) is 14.0. The van der Waals surface area contributed by atoms with Crippen LogP contribution in [0.5, 0.6) is 5.88 Å². The van der Waals surface area contributed by atoms with Crippen molar-refractivity contribution in [2.75, 3.05) is 32.2 Å². The number of aliphatic imine (C=N–C) groups is 1. The summed E-state index contributed by atoms with van der Waals surface area (Å²) in [4.78, 5) is 42.4. The number of aliphatic hydroxyl groups is 1. The van der Waals surface area contributed by atoms with Crippen LogP contribution in [0, 0.1) is 0 Å². The molecule has 0 bridgehead atoms. The van der Waals surface area contributed by atoms with E-state index in [4.69, 9.17) is 33.7 Å². The first-order valence-electron chi connectivity index (χ1n) is 14.9. The van der Waals surface area contributed by atoms with E-state index in [1.807, 2.05) is 0 Å². The molecule has 3 heterocycles. The Morgan fingerprint density at radius 3 is 2.49 bits per heavy atom. The van der Waals surface area contributed by atoms with E-state index in [0.29, 0.717) is 17.7 Å². The van der Waals surface area contributed by atoms with Crippen molar-refractivity contribution in [3.8, 4) is 5.88 Å². The number of carbonyl (C=O) groups excluding carboxylic acids is 2. The normalized spacial score (nSPS) is 23.5. The molecule has 3 aromatic rings. The maximum absolute atomic E-state index is 14.3. The Hall–Kier alpha value is -3.99. The lowest BCUT2D eigenvalue weighted by molar-refractivity contribution is -0.152.